The minimum absolute atomic E-state index is 0.0756. The van der Waals surface area contributed by atoms with Crippen LogP contribution in [0.25, 0.3) is 10.8 Å². The van der Waals surface area contributed by atoms with Gasteiger partial charge in [-0.3, -0.25) is 9.59 Å². The lowest BCUT2D eigenvalue weighted by molar-refractivity contribution is -0.123. The van der Waals surface area contributed by atoms with E-state index >= 15 is 0 Å². The van der Waals surface area contributed by atoms with Crippen molar-refractivity contribution in [2.45, 2.75) is 47.0 Å². The smallest absolute Gasteiger partial charge is 0.258 e. The Morgan fingerprint density at radius 3 is 2.53 bits per heavy atom. The van der Waals surface area contributed by atoms with E-state index in [1.165, 1.54) is 4.88 Å². The zero-order valence-corrected chi connectivity index (χ0v) is 18.8. The van der Waals surface area contributed by atoms with Crippen LogP contribution < -0.4 is 10.6 Å². The van der Waals surface area contributed by atoms with Crippen molar-refractivity contribution in [2.24, 2.45) is 11.3 Å². The third kappa shape index (κ3) is 3.99. The molecule has 0 spiro atoms. The van der Waals surface area contributed by atoms with Crippen LogP contribution in [0.15, 0.2) is 42.5 Å². The molecule has 30 heavy (non-hydrogen) atoms. The van der Waals surface area contributed by atoms with Crippen molar-refractivity contribution < 1.29 is 9.59 Å². The molecule has 2 aromatic carbocycles. The standard InChI is InChI=1S/C25H28N2O2S/c1-15-12-13-18-20(14-15)30-23(27-24(29)25(2,3)4)21(18)22(28)26-19-11-7-9-16-8-5-6-10-17(16)19/h5-11,15H,12-14H2,1-4H3,(H,26,28)(H,27,29). The minimum atomic E-state index is -0.527. The van der Waals surface area contributed by atoms with Gasteiger partial charge in [0, 0.05) is 21.4 Å². The van der Waals surface area contributed by atoms with Gasteiger partial charge in [0.2, 0.25) is 5.91 Å². The van der Waals surface area contributed by atoms with Crippen molar-refractivity contribution in [3.05, 3.63) is 58.5 Å². The Morgan fingerprint density at radius 2 is 1.77 bits per heavy atom. The molecule has 0 aliphatic heterocycles. The topological polar surface area (TPSA) is 58.2 Å². The van der Waals surface area contributed by atoms with E-state index in [1.54, 1.807) is 11.3 Å². The van der Waals surface area contributed by atoms with Crippen LogP contribution in [0.2, 0.25) is 0 Å². The van der Waals surface area contributed by atoms with Crippen LogP contribution in [-0.2, 0) is 17.6 Å². The molecule has 2 N–H and O–H groups in total. The van der Waals surface area contributed by atoms with E-state index < -0.39 is 5.41 Å². The summed E-state index contributed by atoms with van der Waals surface area (Å²) in [5.74, 6) is 0.368. The molecule has 3 aromatic rings. The van der Waals surface area contributed by atoms with Gasteiger partial charge < -0.3 is 10.6 Å². The Morgan fingerprint density at radius 1 is 1.03 bits per heavy atom. The van der Waals surface area contributed by atoms with Gasteiger partial charge in [0.1, 0.15) is 5.00 Å². The lowest BCUT2D eigenvalue weighted by atomic mass is 9.88. The predicted octanol–water partition coefficient (Wildman–Crippen LogP) is 6.26. The molecule has 0 fully saturated rings. The summed E-state index contributed by atoms with van der Waals surface area (Å²) in [5, 5.41) is 8.92. The first-order valence-electron chi connectivity index (χ1n) is 10.5. The summed E-state index contributed by atoms with van der Waals surface area (Å²) in [5.41, 5.74) is 1.99. The summed E-state index contributed by atoms with van der Waals surface area (Å²) < 4.78 is 0. The largest absolute Gasteiger partial charge is 0.321 e. The van der Waals surface area contributed by atoms with Gasteiger partial charge in [0.25, 0.3) is 5.91 Å². The Hall–Kier alpha value is -2.66. The molecule has 0 saturated heterocycles. The van der Waals surface area contributed by atoms with Crippen molar-refractivity contribution in [1.29, 1.82) is 0 Å². The monoisotopic (exact) mass is 420 g/mol. The number of anilines is 2. The average molecular weight is 421 g/mol. The fourth-order valence-corrected chi connectivity index (χ4v) is 5.29. The highest BCUT2D eigenvalue weighted by Crippen LogP contribution is 2.40. The lowest BCUT2D eigenvalue weighted by Gasteiger charge is -2.19. The molecule has 1 atom stereocenters. The second kappa shape index (κ2) is 7.88. The van der Waals surface area contributed by atoms with Crippen molar-refractivity contribution in [3.8, 4) is 0 Å². The number of nitrogens with one attached hydrogen (secondary N) is 2. The molecule has 2 amide bonds. The van der Waals surface area contributed by atoms with Crippen molar-refractivity contribution in [3.63, 3.8) is 0 Å². The maximum atomic E-state index is 13.5. The van der Waals surface area contributed by atoms with E-state index in [4.69, 9.17) is 0 Å². The fourth-order valence-electron chi connectivity index (χ4n) is 3.89. The van der Waals surface area contributed by atoms with E-state index in [2.05, 4.69) is 17.6 Å². The quantitative estimate of drug-likeness (QED) is 0.525. The van der Waals surface area contributed by atoms with Crippen LogP contribution in [0.4, 0.5) is 10.7 Å². The number of hydrogen-bond donors (Lipinski definition) is 2. The number of amides is 2. The molecule has 1 heterocycles. The highest BCUT2D eigenvalue weighted by Gasteiger charge is 2.30. The first kappa shape index (κ1) is 20.6. The van der Waals surface area contributed by atoms with Gasteiger partial charge in [-0.15, -0.1) is 11.3 Å². The van der Waals surface area contributed by atoms with Gasteiger partial charge in [-0.05, 0) is 42.2 Å². The summed E-state index contributed by atoms with van der Waals surface area (Å²) in [6, 6.07) is 13.9. The maximum absolute atomic E-state index is 13.5. The Balaban J connectivity index is 1.73. The van der Waals surface area contributed by atoms with Crippen LogP contribution in [0.1, 0.15) is 54.9 Å². The minimum Gasteiger partial charge on any atom is -0.321 e. The maximum Gasteiger partial charge on any atom is 0.258 e. The summed E-state index contributed by atoms with van der Waals surface area (Å²) in [6.07, 6.45) is 2.89. The summed E-state index contributed by atoms with van der Waals surface area (Å²) >= 11 is 1.56. The number of hydrogen-bond acceptors (Lipinski definition) is 3. The molecule has 4 nitrogen and oxygen atoms in total. The van der Waals surface area contributed by atoms with Crippen LogP contribution in [0.3, 0.4) is 0 Å². The fraction of sp³-hybridized carbons (Fsp3) is 0.360. The average Bonchev–Trinajstić information content (AvgIpc) is 3.04. The van der Waals surface area contributed by atoms with Crippen LogP contribution in [0, 0.1) is 11.3 Å². The summed E-state index contributed by atoms with van der Waals surface area (Å²) in [6.45, 7) is 7.89. The van der Waals surface area contributed by atoms with Gasteiger partial charge in [-0.1, -0.05) is 64.1 Å². The molecule has 0 saturated carbocycles. The zero-order valence-electron chi connectivity index (χ0n) is 18.0. The molecule has 0 bridgehead atoms. The van der Waals surface area contributed by atoms with Crippen LogP contribution >= 0.6 is 11.3 Å². The Labute approximate surface area is 181 Å². The molecule has 1 aliphatic carbocycles. The molecular formula is C25H28N2O2S. The van der Waals surface area contributed by atoms with E-state index in [0.717, 1.165) is 41.3 Å². The first-order chi connectivity index (χ1) is 14.2. The van der Waals surface area contributed by atoms with E-state index in [-0.39, 0.29) is 11.8 Å². The highest BCUT2D eigenvalue weighted by atomic mass is 32.1. The second-order valence-electron chi connectivity index (χ2n) is 9.24. The number of rotatable bonds is 3. The number of thiophene rings is 1. The molecule has 1 aliphatic rings. The van der Waals surface area contributed by atoms with E-state index in [0.29, 0.717) is 16.5 Å². The number of carbonyl (C=O) groups excluding carboxylic acids is 2. The van der Waals surface area contributed by atoms with Crippen molar-refractivity contribution in [1.82, 2.24) is 0 Å². The third-order valence-electron chi connectivity index (χ3n) is 5.68. The molecule has 156 valence electrons. The highest BCUT2D eigenvalue weighted by molar-refractivity contribution is 7.17. The number of carbonyl (C=O) groups is 2. The lowest BCUT2D eigenvalue weighted by Crippen LogP contribution is -2.28. The first-order valence-corrected chi connectivity index (χ1v) is 11.3. The molecule has 5 heteroatoms. The van der Waals surface area contributed by atoms with E-state index in [1.807, 2.05) is 63.2 Å². The predicted molar refractivity (Wildman–Crippen MR) is 125 cm³/mol. The summed E-state index contributed by atoms with van der Waals surface area (Å²) in [7, 11) is 0. The third-order valence-corrected chi connectivity index (χ3v) is 6.85. The molecular weight excluding hydrogens is 392 g/mol. The van der Waals surface area contributed by atoms with Crippen molar-refractivity contribution in [2.75, 3.05) is 10.6 Å². The normalized spacial score (nSPS) is 16.2. The van der Waals surface area contributed by atoms with Crippen molar-refractivity contribution >= 4 is 44.6 Å². The zero-order chi connectivity index (χ0) is 21.5. The number of fused-ring (bicyclic) bond motifs is 2. The molecule has 0 radical (unpaired) electrons. The SMILES string of the molecule is CC1CCc2c(sc(NC(=O)C(C)(C)C)c2C(=O)Nc2cccc3ccccc23)C1. The number of benzene rings is 2. The molecule has 4 rings (SSSR count). The Bertz CT molecular complexity index is 1120. The van der Waals surface area contributed by atoms with Crippen LogP contribution in [-0.4, -0.2) is 11.8 Å². The van der Waals surface area contributed by atoms with Gasteiger partial charge in [-0.2, -0.15) is 0 Å². The molecule has 1 unspecified atom stereocenters. The van der Waals surface area contributed by atoms with E-state index in [9.17, 15) is 9.59 Å². The second-order valence-corrected chi connectivity index (χ2v) is 10.3. The van der Waals surface area contributed by atoms with Crippen LogP contribution in [0.5, 0.6) is 0 Å². The van der Waals surface area contributed by atoms with Gasteiger partial charge in [0.15, 0.2) is 0 Å². The van der Waals surface area contributed by atoms with Gasteiger partial charge >= 0.3 is 0 Å². The molecule has 1 aromatic heterocycles. The van der Waals surface area contributed by atoms with Gasteiger partial charge in [-0.25, -0.2) is 0 Å². The summed E-state index contributed by atoms with van der Waals surface area (Å²) in [4.78, 5) is 27.4. The Kier molecular flexibility index (Phi) is 5.41. The van der Waals surface area contributed by atoms with Gasteiger partial charge in [0.05, 0.1) is 5.56 Å².